The molecule has 3 rings (SSSR count). The molecule has 1 N–H and O–H groups in total. The van der Waals surface area contributed by atoms with Gasteiger partial charge in [-0.15, -0.1) is 0 Å². The van der Waals surface area contributed by atoms with Gasteiger partial charge in [0.15, 0.2) is 0 Å². The Bertz CT molecular complexity index is 850. The largest absolute Gasteiger partial charge is 0.324 e. The van der Waals surface area contributed by atoms with Crippen LogP contribution in [0.5, 0.6) is 0 Å². The molecule has 3 aromatic rings. The number of anilines is 2. The minimum atomic E-state index is -0.425. The maximum Gasteiger partial charge on any atom is 0.271 e. The molecule has 0 saturated carbocycles. The third-order valence-electron chi connectivity index (χ3n) is 3.40. The number of nitrogens with zero attached hydrogens (tertiary/aromatic N) is 3. The summed E-state index contributed by atoms with van der Waals surface area (Å²) in [6, 6.07) is 16.2. The van der Waals surface area contributed by atoms with E-state index < -0.39 is 4.92 Å². The van der Waals surface area contributed by atoms with E-state index in [9.17, 15) is 10.1 Å². The van der Waals surface area contributed by atoms with Crippen LogP contribution in [0, 0.1) is 17.0 Å². The zero-order valence-electron chi connectivity index (χ0n) is 12.4. The van der Waals surface area contributed by atoms with Crippen molar-refractivity contribution < 1.29 is 4.92 Å². The highest BCUT2D eigenvalue weighted by atomic mass is 16.6. The van der Waals surface area contributed by atoms with Gasteiger partial charge in [0.05, 0.1) is 16.3 Å². The van der Waals surface area contributed by atoms with E-state index in [1.54, 1.807) is 12.3 Å². The quantitative estimate of drug-likeness (QED) is 0.579. The van der Waals surface area contributed by atoms with Gasteiger partial charge in [-0.1, -0.05) is 36.4 Å². The van der Waals surface area contributed by atoms with Crippen LogP contribution >= 0.6 is 0 Å². The molecule has 0 fully saturated rings. The molecule has 1 aromatic heterocycles. The van der Waals surface area contributed by atoms with Crippen molar-refractivity contribution in [2.45, 2.75) is 6.92 Å². The Kier molecular flexibility index (Phi) is 3.97. The maximum atomic E-state index is 10.9. The number of hydrogen-bond acceptors (Lipinski definition) is 5. The highest BCUT2D eigenvalue weighted by molar-refractivity contribution is 5.65. The monoisotopic (exact) mass is 306 g/mol. The number of benzene rings is 2. The second kappa shape index (κ2) is 6.23. The number of non-ortho nitro benzene ring substituents is 1. The van der Waals surface area contributed by atoms with E-state index in [2.05, 4.69) is 15.3 Å². The zero-order valence-corrected chi connectivity index (χ0v) is 12.4. The predicted octanol–water partition coefficient (Wildman–Crippen LogP) is 4.10. The van der Waals surface area contributed by atoms with Crippen molar-refractivity contribution in [1.29, 1.82) is 0 Å². The highest BCUT2D eigenvalue weighted by Crippen LogP contribution is 2.25. The molecule has 1 heterocycles. The fourth-order valence-corrected chi connectivity index (χ4v) is 2.17. The molecule has 0 atom stereocenters. The number of rotatable bonds is 4. The average molecular weight is 306 g/mol. The van der Waals surface area contributed by atoms with Crippen LogP contribution in [0.4, 0.5) is 17.3 Å². The fourth-order valence-electron chi connectivity index (χ4n) is 2.17. The third-order valence-corrected chi connectivity index (χ3v) is 3.40. The van der Waals surface area contributed by atoms with Crippen LogP contribution in [0.1, 0.15) is 5.56 Å². The van der Waals surface area contributed by atoms with Gasteiger partial charge < -0.3 is 5.32 Å². The fraction of sp³-hybridized carbons (Fsp3) is 0.0588. The van der Waals surface area contributed by atoms with E-state index in [-0.39, 0.29) is 5.69 Å². The topological polar surface area (TPSA) is 81.0 Å². The minimum absolute atomic E-state index is 0.0253. The lowest BCUT2D eigenvalue weighted by Crippen LogP contribution is -2.00. The molecule has 0 aliphatic rings. The molecule has 0 unspecified atom stereocenters. The first-order chi connectivity index (χ1) is 11.1. The van der Waals surface area contributed by atoms with Crippen molar-refractivity contribution in [3.05, 3.63) is 76.5 Å². The Labute approximate surface area is 133 Å². The summed E-state index contributed by atoms with van der Waals surface area (Å²) in [4.78, 5) is 19.1. The number of nitro groups is 1. The molecular formula is C17H14N4O2. The van der Waals surface area contributed by atoms with Gasteiger partial charge in [-0.2, -0.15) is 0 Å². The molecule has 0 saturated heterocycles. The van der Waals surface area contributed by atoms with E-state index >= 15 is 0 Å². The lowest BCUT2D eigenvalue weighted by molar-refractivity contribution is -0.384. The third kappa shape index (κ3) is 3.32. The van der Waals surface area contributed by atoms with Crippen LogP contribution in [0.25, 0.3) is 11.3 Å². The molecule has 23 heavy (non-hydrogen) atoms. The lowest BCUT2D eigenvalue weighted by Gasteiger charge is -2.09. The number of aryl methyl sites for hydroxylation is 1. The first-order valence-electron chi connectivity index (χ1n) is 7.04. The molecule has 0 aliphatic carbocycles. The van der Waals surface area contributed by atoms with Crippen molar-refractivity contribution in [2.75, 3.05) is 5.32 Å². The van der Waals surface area contributed by atoms with Gasteiger partial charge >= 0.3 is 0 Å². The SMILES string of the molecule is Cc1ccc([N+](=O)[O-])cc1Nc1nccc(-c2ccccc2)n1. The zero-order chi connectivity index (χ0) is 16.2. The molecular weight excluding hydrogens is 292 g/mol. The maximum absolute atomic E-state index is 10.9. The smallest absolute Gasteiger partial charge is 0.271 e. The highest BCUT2D eigenvalue weighted by Gasteiger charge is 2.10. The molecule has 114 valence electrons. The molecule has 0 bridgehead atoms. The summed E-state index contributed by atoms with van der Waals surface area (Å²) in [5.74, 6) is 0.398. The van der Waals surface area contributed by atoms with Crippen LogP contribution in [0.3, 0.4) is 0 Å². The summed E-state index contributed by atoms with van der Waals surface area (Å²) in [6.45, 7) is 1.87. The Morgan fingerprint density at radius 1 is 1.09 bits per heavy atom. The lowest BCUT2D eigenvalue weighted by atomic mass is 10.1. The summed E-state index contributed by atoms with van der Waals surface area (Å²) in [5, 5.41) is 14.0. The van der Waals surface area contributed by atoms with Crippen LogP contribution in [0.15, 0.2) is 60.8 Å². The number of aromatic nitrogens is 2. The summed E-state index contributed by atoms with van der Waals surface area (Å²) in [6.07, 6.45) is 1.66. The predicted molar refractivity (Wildman–Crippen MR) is 88.6 cm³/mol. The van der Waals surface area contributed by atoms with Gasteiger partial charge in [0.1, 0.15) is 0 Å². The standard InChI is InChI=1S/C17H14N4O2/c1-12-7-8-14(21(22)23)11-16(12)20-17-18-10-9-15(19-17)13-5-3-2-4-6-13/h2-11H,1H3,(H,18,19,20). The molecule has 0 radical (unpaired) electrons. The summed E-state index contributed by atoms with van der Waals surface area (Å²) >= 11 is 0. The van der Waals surface area contributed by atoms with E-state index in [0.29, 0.717) is 11.6 Å². The average Bonchev–Trinajstić information content (AvgIpc) is 2.58. The van der Waals surface area contributed by atoms with Crippen molar-refractivity contribution in [3.8, 4) is 11.3 Å². The van der Waals surface area contributed by atoms with Crippen molar-refractivity contribution >= 4 is 17.3 Å². The van der Waals surface area contributed by atoms with Crippen molar-refractivity contribution in [2.24, 2.45) is 0 Å². The first-order valence-corrected chi connectivity index (χ1v) is 7.04. The first kappa shape index (κ1) is 14.6. The van der Waals surface area contributed by atoms with Gasteiger partial charge in [0, 0.05) is 23.9 Å². The number of nitro benzene ring substituents is 1. The Morgan fingerprint density at radius 2 is 1.87 bits per heavy atom. The Balaban J connectivity index is 1.92. The molecule has 0 amide bonds. The van der Waals surface area contributed by atoms with Crippen molar-refractivity contribution in [3.63, 3.8) is 0 Å². The van der Waals surface area contributed by atoms with Gasteiger partial charge in [0.2, 0.25) is 5.95 Å². The van der Waals surface area contributed by atoms with Crippen LogP contribution in [0.2, 0.25) is 0 Å². The molecule has 0 aliphatic heterocycles. The summed E-state index contributed by atoms with van der Waals surface area (Å²) in [7, 11) is 0. The van der Waals surface area contributed by atoms with Gasteiger partial charge in [-0.25, -0.2) is 9.97 Å². The second-order valence-electron chi connectivity index (χ2n) is 5.01. The normalized spacial score (nSPS) is 10.3. The minimum Gasteiger partial charge on any atom is -0.324 e. The van der Waals surface area contributed by atoms with E-state index in [1.165, 1.54) is 12.1 Å². The van der Waals surface area contributed by atoms with Crippen LogP contribution in [-0.4, -0.2) is 14.9 Å². The van der Waals surface area contributed by atoms with Crippen LogP contribution in [-0.2, 0) is 0 Å². The van der Waals surface area contributed by atoms with E-state index in [4.69, 9.17) is 0 Å². The van der Waals surface area contributed by atoms with E-state index in [0.717, 1.165) is 16.8 Å². The second-order valence-corrected chi connectivity index (χ2v) is 5.01. The summed E-state index contributed by atoms with van der Waals surface area (Å²) in [5.41, 5.74) is 3.28. The molecule has 0 spiro atoms. The number of hydrogen-bond donors (Lipinski definition) is 1. The van der Waals surface area contributed by atoms with Gasteiger partial charge in [0.25, 0.3) is 5.69 Å². The molecule has 6 heteroatoms. The van der Waals surface area contributed by atoms with E-state index in [1.807, 2.05) is 43.3 Å². The van der Waals surface area contributed by atoms with Gasteiger partial charge in [-0.3, -0.25) is 10.1 Å². The number of nitrogens with one attached hydrogen (secondary N) is 1. The Morgan fingerprint density at radius 3 is 2.61 bits per heavy atom. The van der Waals surface area contributed by atoms with Crippen molar-refractivity contribution in [1.82, 2.24) is 9.97 Å². The molecule has 2 aromatic carbocycles. The molecule has 6 nitrogen and oxygen atoms in total. The van der Waals surface area contributed by atoms with Crippen LogP contribution < -0.4 is 5.32 Å². The van der Waals surface area contributed by atoms with Gasteiger partial charge in [-0.05, 0) is 18.6 Å². The Hall–Kier alpha value is -3.28. The summed E-state index contributed by atoms with van der Waals surface area (Å²) < 4.78 is 0.